The van der Waals surface area contributed by atoms with Gasteiger partial charge < -0.3 is 25.8 Å². The zero-order chi connectivity index (χ0) is 24.8. The van der Waals surface area contributed by atoms with E-state index < -0.39 is 17.9 Å². The standard InChI is InChI=1S/C27H32N4O4/c1-2-22-15-21(11-12-35-22)29-24-10-7-19(23(26(32)33)13-17-3-4-17)14-25(24)31-27(34)30-20-8-5-18(16-28)6-9-20/h5-10,14,17,21-23,29H,2-4,11-13,15H2,1H3,(H,32,33)(H2,30,31,34). The van der Waals surface area contributed by atoms with Crippen molar-refractivity contribution in [1.29, 1.82) is 5.26 Å². The fourth-order valence-corrected chi connectivity index (χ4v) is 4.50. The molecule has 2 aromatic rings. The van der Waals surface area contributed by atoms with Crippen LogP contribution in [0.2, 0.25) is 0 Å². The Morgan fingerprint density at radius 1 is 1.11 bits per heavy atom. The van der Waals surface area contributed by atoms with E-state index in [4.69, 9.17) is 10.00 Å². The summed E-state index contributed by atoms with van der Waals surface area (Å²) in [4.78, 5) is 24.8. The first-order chi connectivity index (χ1) is 16.9. The van der Waals surface area contributed by atoms with Crippen LogP contribution in [0.3, 0.4) is 0 Å². The monoisotopic (exact) mass is 476 g/mol. The number of carboxylic acid groups (broad SMARTS) is 1. The predicted molar refractivity (Wildman–Crippen MR) is 135 cm³/mol. The molecule has 3 atom stereocenters. The highest BCUT2D eigenvalue weighted by atomic mass is 16.5. The number of carbonyl (C=O) groups excluding carboxylic acids is 1. The van der Waals surface area contributed by atoms with Crippen LogP contribution >= 0.6 is 0 Å². The van der Waals surface area contributed by atoms with Crippen molar-refractivity contribution >= 4 is 29.1 Å². The number of aliphatic carboxylic acids is 1. The molecule has 2 amide bonds. The van der Waals surface area contributed by atoms with E-state index in [1.165, 1.54) is 0 Å². The number of hydrogen-bond donors (Lipinski definition) is 4. The van der Waals surface area contributed by atoms with Crippen LogP contribution in [0.5, 0.6) is 0 Å². The highest BCUT2D eigenvalue weighted by Gasteiger charge is 2.31. The summed E-state index contributed by atoms with van der Waals surface area (Å²) < 4.78 is 5.79. The second-order valence-electron chi connectivity index (χ2n) is 9.41. The smallest absolute Gasteiger partial charge is 0.323 e. The number of urea groups is 1. The number of anilines is 3. The van der Waals surface area contributed by atoms with Crippen molar-refractivity contribution in [3.05, 3.63) is 53.6 Å². The Balaban J connectivity index is 1.55. The van der Waals surface area contributed by atoms with Gasteiger partial charge in [0.15, 0.2) is 0 Å². The number of hydrogen-bond acceptors (Lipinski definition) is 5. The molecule has 8 heteroatoms. The number of nitriles is 1. The molecule has 4 rings (SSSR count). The van der Waals surface area contributed by atoms with Gasteiger partial charge in [0.05, 0.1) is 35.0 Å². The van der Waals surface area contributed by atoms with Crippen molar-refractivity contribution < 1.29 is 19.4 Å². The Morgan fingerprint density at radius 3 is 2.54 bits per heavy atom. The largest absolute Gasteiger partial charge is 0.481 e. The quantitative estimate of drug-likeness (QED) is 0.377. The van der Waals surface area contributed by atoms with Gasteiger partial charge in [0.25, 0.3) is 0 Å². The van der Waals surface area contributed by atoms with E-state index in [0.717, 1.165) is 37.8 Å². The van der Waals surface area contributed by atoms with Crippen molar-refractivity contribution in [1.82, 2.24) is 0 Å². The third-order valence-electron chi connectivity index (χ3n) is 6.71. The summed E-state index contributed by atoms with van der Waals surface area (Å²) in [6, 6.07) is 13.9. The number of nitrogens with zero attached hydrogens (tertiary/aromatic N) is 1. The van der Waals surface area contributed by atoms with Crippen LogP contribution in [-0.2, 0) is 9.53 Å². The van der Waals surface area contributed by atoms with Crippen LogP contribution in [0.25, 0.3) is 0 Å². The molecule has 0 aromatic heterocycles. The molecule has 0 radical (unpaired) electrons. The molecule has 3 unspecified atom stereocenters. The van der Waals surface area contributed by atoms with Gasteiger partial charge in [0.2, 0.25) is 0 Å². The van der Waals surface area contributed by atoms with Crippen LogP contribution in [0, 0.1) is 17.2 Å². The van der Waals surface area contributed by atoms with Crippen LogP contribution in [-0.4, -0.2) is 35.9 Å². The summed E-state index contributed by atoms with van der Waals surface area (Å²) in [7, 11) is 0. The first-order valence-electron chi connectivity index (χ1n) is 12.3. The maximum Gasteiger partial charge on any atom is 0.323 e. The number of benzene rings is 2. The van der Waals surface area contributed by atoms with E-state index in [0.29, 0.717) is 41.4 Å². The number of carboxylic acids is 1. The minimum absolute atomic E-state index is 0.198. The second-order valence-corrected chi connectivity index (χ2v) is 9.41. The molecule has 8 nitrogen and oxygen atoms in total. The van der Waals surface area contributed by atoms with Gasteiger partial charge in [0, 0.05) is 18.3 Å². The van der Waals surface area contributed by atoms with Gasteiger partial charge in [-0.1, -0.05) is 25.8 Å². The van der Waals surface area contributed by atoms with Gasteiger partial charge in [0.1, 0.15) is 0 Å². The lowest BCUT2D eigenvalue weighted by Gasteiger charge is -2.31. The highest BCUT2D eigenvalue weighted by Crippen LogP contribution is 2.40. The third-order valence-corrected chi connectivity index (χ3v) is 6.71. The summed E-state index contributed by atoms with van der Waals surface area (Å²) in [5.41, 5.74) is 3.03. The van der Waals surface area contributed by atoms with E-state index in [1.54, 1.807) is 30.3 Å². The average Bonchev–Trinajstić information content (AvgIpc) is 3.68. The molecule has 1 saturated carbocycles. The number of rotatable bonds is 9. The average molecular weight is 477 g/mol. The lowest BCUT2D eigenvalue weighted by molar-refractivity contribution is -0.139. The maximum absolute atomic E-state index is 12.8. The molecule has 2 fully saturated rings. The van der Waals surface area contributed by atoms with Gasteiger partial charge in [-0.25, -0.2) is 4.79 Å². The summed E-state index contributed by atoms with van der Waals surface area (Å²) in [5.74, 6) is -0.995. The highest BCUT2D eigenvalue weighted by molar-refractivity contribution is 6.02. The Bertz CT molecular complexity index is 1090. The molecule has 0 bridgehead atoms. The van der Waals surface area contributed by atoms with E-state index in [1.807, 2.05) is 12.1 Å². The van der Waals surface area contributed by atoms with Crippen molar-refractivity contribution in [2.45, 2.75) is 63.5 Å². The molecule has 1 heterocycles. The molecule has 1 aliphatic carbocycles. The van der Waals surface area contributed by atoms with Crippen molar-refractivity contribution in [3.8, 4) is 6.07 Å². The van der Waals surface area contributed by atoms with Crippen LogP contribution < -0.4 is 16.0 Å². The Labute approximate surface area is 205 Å². The number of amides is 2. The number of ether oxygens (including phenoxy) is 1. The van der Waals surface area contributed by atoms with Gasteiger partial charge in [-0.15, -0.1) is 0 Å². The second kappa shape index (κ2) is 11.2. The summed E-state index contributed by atoms with van der Waals surface area (Å²) >= 11 is 0. The predicted octanol–water partition coefficient (Wildman–Crippen LogP) is 5.54. The Hall–Kier alpha value is -3.57. The molecule has 35 heavy (non-hydrogen) atoms. The zero-order valence-electron chi connectivity index (χ0n) is 19.9. The Kier molecular flexibility index (Phi) is 7.88. The van der Waals surface area contributed by atoms with Gasteiger partial charge in [-0.05, 0) is 73.6 Å². The van der Waals surface area contributed by atoms with Crippen molar-refractivity contribution in [2.75, 3.05) is 22.6 Å². The molecular weight excluding hydrogens is 444 g/mol. The molecule has 2 aliphatic rings. The summed E-state index contributed by atoms with van der Waals surface area (Å²) in [6.45, 7) is 2.78. The summed E-state index contributed by atoms with van der Waals surface area (Å²) in [6.07, 6.45) is 5.62. The molecule has 1 saturated heterocycles. The van der Waals surface area contributed by atoms with Gasteiger partial charge >= 0.3 is 12.0 Å². The molecular formula is C27H32N4O4. The van der Waals surface area contributed by atoms with E-state index in [2.05, 4.69) is 28.9 Å². The van der Waals surface area contributed by atoms with Crippen molar-refractivity contribution in [2.24, 2.45) is 5.92 Å². The molecule has 4 N–H and O–H groups in total. The fraction of sp³-hybridized carbons (Fsp3) is 0.444. The molecule has 1 aliphatic heterocycles. The lowest BCUT2D eigenvalue weighted by Crippen LogP contribution is -2.34. The SMILES string of the molecule is CCC1CC(Nc2ccc(C(CC3CC3)C(=O)O)cc2NC(=O)Nc2ccc(C#N)cc2)CCO1. The maximum atomic E-state index is 12.8. The lowest BCUT2D eigenvalue weighted by atomic mass is 9.92. The normalized spacial score (nSPS) is 20.3. The van der Waals surface area contributed by atoms with Crippen LogP contribution in [0.4, 0.5) is 21.9 Å². The van der Waals surface area contributed by atoms with Crippen LogP contribution in [0.1, 0.15) is 62.5 Å². The number of carbonyl (C=O) groups is 2. The van der Waals surface area contributed by atoms with E-state index in [-0.39, 0.29) is 12.1 Å². The number of nitrogens with one attached hydrogen (secondary N) is 3. The first-order valence-corrected chi connectivity index (χ1v) is 12.3. The minimum Gasteiger partial charge on any atom is -0.481 e. The summed E-state index contributed by atoms with van der Waals surface area (Å²) in [5, 5.41) is 28.0. The van der Waals surface area contributed by atoms with Gasteiger partial charge in [-0.3, -0.25) is 4.79 Å². The molecule has 0 spiro atoms. The topological polar surface area (TPSA) is 123 Å². The minimum atomic E-state index is -0.846. The van der Waals surface area contributed by atoms with Gasteiger partial charge in [-0.2, -0.15) is 5.26 Å². The van der Waals surface area contributed by atoms with E-state index >= 15 is 0 Å². The van der Waals surface area contributed by atoms with Crippen molar-refractivity contribution in [3.63, 3.8) is 0 Å². The fourth-order valence-electron chi connectivity index (χ4n) is 4.50. The van der Waals surface area contributed by atoms with E-state index in [9.17, 15) is 14.7 Å². The van der Waals surface area contributed by atoms with Crippen LogP contribution in [0.15, 0.2) is 42.5 Å². The first kappa shape index (κ1) is 24.6. The third kappa shape index (κ3) is 6.74. The molecule has 2 aromatic carbocycles. The zero-order valence-corrected chi connectivity index (χ0v) is 19.9. The molecule has 184 valence electrons. The Morgan fingerprint density at radius 2 is 1.89 bits per heavy atom.